The van der Waals surface area contributed by atoms with Crippen molar-refractivity contribution in [1.29, 1.82) is 0 Å². The molecule has 0 spiro atoms. The summed E-state index contributed by atoms with van der Waals surface area (Å²) in [7, 11) is 0. The molecular formula is C37H46O9S. The van der Waals surface area contributed by atoms with E-state index in [1.165, 1.54) is 18.7 Å². The lowest BCUT2D eigenvalue weighted by Gasteiger charge is -2.40. The number of benzene rings is 3. The summed E-state index contributed by atoms with van der Waals surface area (Å²) in [5, 5.41) is 10.7. The third kappa shape index (κ3) is 10.9. The fourth-order valence-electron chi connectivity index (χ4n) is 5.62. The Hall–Kier alpha value is -2.80. The maximum atomic E-state index is 11.8. The number of rotatable bonds is 16. The molecule has 0 bridgehead atoms. The lowest BCUT2D eigenvalue weighted by Crippen LogP contribution is -2.50. The van der Waals surface area contributed by atoms with Crippen LogP contribution < -0.4 is 0 Å². The van der Waals surface area contributed by atoms with Gasteiger partial charge in [0.25, 0.3) is 0 Å². The first-order chi connectivity index (χ1) is 22.9. The Morgan fingerprint density at radius 2 is 1.34 bits per heavy atom. The van der Waals surface area contributed by atoms with Crippen molar-refractivity contribution in [1.82, 2.24) is 0 Å². The predicted molar refractivity (Wildman–Crippen MR) is 178 cm³/mol. The molecule has 0 radical (unpaired) electrons. The molecule has 2 heterocycles. The summed E-state index contributed by atoms with van der Waals surface area (Å²) in [4.78, 5) is 11.8. The normalized spacial score (nSPS) is 27.6. The van der Waals surface area contributed by atoms with Gasteiger partial charge >= 0.3 is 5.97 Å². The molecule has 10 heteroatoms. The van der Waals surface area contributed by atoms with E-state index in [1.54, 1.807) is 0 Å². The van der Waals surface area contributed by atoms with Crippen molar-refractivity contribution in [2.75, 3.05) is 13.2 Å². The summed E-state index contributed by atoms with van der Waals surface area (Å²) >= 11 is 1.50. The SMILES string of the molecule is CC(=O)OC[C@H]1O[C@H](OC(C)C)[C@@H](O)C[C@H]1S[C@H]1O[C@H](COCc2ccccc2)[C@@H](OCc2ccccc2)[C@@H]1OCc1ccccc1. The van der Waals surface area contributed by atoms with Crippen molar-refractivity contribution in [3.8, 4) is 0 Å². The minimum absolute atomic E-state index is 0.0253. The van der Waals surface area contributed by atoms with Crippen LogP contribution in [0.3, 0.4) is 0 Å². The molecule has 2 aliphatic heterocycles. The van der Waals surface area contributed by atoms with E-state index in [9.17, 15) is 9.90 Å². The van der Waals surface area contributed by atoms with E-state index < -0.39 is 48.2 Å². The Labute approximate surface area is 281 Å². The van der Waals surface area contributed by atoms with Crippen molar-refractivity contribution in [3.05, 3.63) is 108 Å². The van der Waals surface area contributed by atoms with Crippen LogP contribution in [0, 0.1) is 0 Å². The number of aliphatic hydroxyl groups is 1. The Balaban J connectivity index is 1.37. The number of esters is 1. The monoisotopic (exact) mass is 666 g/mol. The number of carbonyl (C=O) groups excluding carboxylic acids is 1. The molecule has 0 aromatic heterocycles. The average Bonchev–Trinajstić information content (AvgIpc) is 3.39. The number of thioether (sulfide) groups is 1. The largest absolute Gasteiger partial charge is 0.463 e. The first kappa shape index (κ1) is 35.5. The van der Waals surface area contributed by atoms with Gasteiger partial charge in [-0.15, -0.1) is 11.8 Å². The van der Waals surface area contributed by atoms with Gasteiger partial charge in [-0.05, 0) is 37.0 Å². The Kier molecular flexibility index (Phi) is 13.7. The van der Waals surface area contributed by atoms with Gasteiger partial charge in [0.1, 0.15) is 42.6 Å². The molecule has 5 rings (SSSR count). The van der Waals surface area contributed by atoms with Gasteiger partial charge in [0, 0.05) is 12.2 Å². The van der Waals surface area contributed by atoms with E-state index in [0.717, 1.165) is 16.7 Å². The number of aliphatic hydroxyl groups excluding tert-OH is 1. The fourth-order valence-corrected chi connectivity index (χ4v) is 7.18. The number of carbonyl (C=O) groups is 1. The molecule has 254 valence electrons. The van der Waals surface area contributed by atoms with Crippen LogP contribution in [0.25, 0.3) is 0 Å². The summed E-state index contributed by atoms with van der Waals surface area (Å²) < 4.78 is 43.6. The zero-order valence-electron chi connectivity index (χ0n) is 27.2. The number of ether oxygens (including phenoxy) is 7. The van der Waals surface area contributed by atoms with Gasteiger partial charge in [0.15, 0.2) is 6.29 Å². The molecule has 0 unspecified atom stereocenters. The maximum absolute atomic E-state index is 11.8. The summed E-state index contributed by atoms with van der Waals surface area (Å²) in [6, 6.07) is 30.0. The van der Waals surface area contributed by atoms with Gasteiger partial charge in [0.05, 0.1) is 32.5 Å². The summed E-state index contributed by atoms with van der Waals surface area (Å²) in [5.41, 5.74) is 2.64. The van der Waals surface area contributed by atoms with Crippen LogP contribution in [0.1, 0.15) is 43.9 Å². The van der Waals surface area contributed by atoms with Crippen LogP contribution in [-0.2, 0) is 57.8 Å². The summed E-state index contributed by atoms with van der Waals surface area (Å²) in [6.45, 7) is 6.62. The molecule has 0 aliphatic carbocycles. The van der Waals surface area contributed by atoms with Gasteiger partial charge in [-0.1, -0.05) is 91.0 Å². The van der Waals surface area contributed by atoms with E-state index in [0.29, 0.717) is 32.8 Å². The molecule has 9 nitrogen and oxygen atoms in total. The second-order valence-electron chi connectivity index (χ2n) is 12.1. The molecule has 0 amide bonds. The first-order valence-corrected chi connectivity index (χ1v) is 17.2. The molecular weight excluding hydrogens is 620 g/mol. The van der Waals surface area contributed by atoms with E-state index in [2.05, 4.69) is 0 Å². The molecule has 1 N–H and O–H groups in total. The average molecular weight is 667 g/mol. The number of hydrogen-bond acceptors (Lipinski definition) is 10. The van der Waals surface area contributed by atoms with Crippen LogP contribution in [0.5, 0.6) is 0 Å². The van der Waals surface area contributed by atoms with E-state index >= 15 is 0 Å². The lowest BCUT2D eigenvalue weighted by atomic mass is 10.1. The second kappa shape index (κ2) is 18.1. The highest BCUT2D eigenvalue weighted by Gasteiger charge is 2.50. The van der Waals surface area contributed by atoms with Crippen LogP contribution in [0.2, 0.25) is 0 Å². The Bertz CT molecular complexity index is 1330. The molecule has 8 atom stereocenters. The van der Waals surface area contributed by atoms with Crippen molar-refractivity contribution < 1.29 is 43.1 Å². The van der Waals surface area contributed by atoms with E-state index in [-0.39, 0.29) is 18.0 Å². The minimum Gasteiger partial charge on any atom is -0.463 e. The van der Waals surface area contributed by atoms with Crippen LogP contribution in [0.15, 0.2) is 91.0 Å². The van der Waals surface area contributed by atoms with Crippen molar-refractivity contribution >= 4 is 17.7 Å². The number of hydrogen-bond donors (Lipinski definition) is 1. The second-order valence-corrected chi connectivity index (χ2v) is 13.4. The van der Waals surface area contributed by atoms with Crippen molar-refractivity contribution in [2.24, 2.45) is 0 Å². The molecule has 2 saturated heterocycles. The zero-order valence-corrected chi connectivity index (χ0v) is 28.0. The molecule has 47 heavy (non-hydrogen) atoms. The fraction of sp³-hybridized carbons (Fsp3) is 0.486. The Morgan fingerprint density at radius 1 is 0.787 bits per heavy atom. The third-order valence-corrected chi connectivity index (χ3v) is 9.40. The van der Waals surface area contributed by atoms with E-state index in [1.807, 2.05) is 105 Å². The van der Waals surface area contributed by atoms with Gasteiger partial charge in [-0.25, -0.2) is 0 Å². The standard InChI is InChI=1S/C37H46O9S/c1-25(2)44-36-30(39)19-33(31(45-36)24-41-26(3)38)47-37-35(43-22-29-17-11-6-12-18-29)34(42-21-28-15-9-5-10-16-28)32(46-37)23-40-20-27-13-7-4-8-14-27/h4-18,25,30-37,39H,19-24H2,1-3H3/t30-,31+,32+,33+,34+,35-,36-,37+/m0/s1. The third-order valence-electron chi connectivity index (χ3n) is 7.91. The molecule has 2 fully saturated rings. The van der Waals surface area contributed by atoms with Crippen LogP contribution >= 0.6 is 11.8 Å². The first-order valence-electron chi connectivity index (χ1n) is 16.2. The highest BCUT2D eigenvalue weighted by molar-refractivity contribution is 8.00. The molecule has 2 aliphatic rings. The van der Waals surface area contributed by atoms with Gasteiger partial charge in [-0.3, -0.25) is 4.79 Å². The quantitative estimate of drug-likeness (QED) is 0.193. The van der Waals surface area contributed by atoms with Crippen LogP contribution in [-0.4, -0.2) is 77.9 Å². The molecule has 0 saturated carbocycles. The summed E-state index contributed by atoms with van der Waals surface area (Å²) in [5.74, 6) is -0.406. The maximum Gasteiger partial charge on any atom is 0.302 e. The summed E-state index contributed by atoms with van der Waals surface area (Å²) in [6.07, 6.45) is -3.40. The molecule has 3 aromatic carbocycles. The highest BCUT2D eigenvalue weighted by Crippen LogP contribution is 2.41. The topological polar surface area (TPSA) is 102 Å². The van der Waals surface area contributed by atoms with Crippen molar-refractivity contribution in [2.45, 2.75) is 101 Å². The van der Waals surface area contributed by atoms with E-state index in [4.69, 9.17) is 33.2 Å². The zero-order chi connectivity index (χ0) is 33.0. The van der Waals surface area contributed by atoms with Crippen molar-refractivity contribution in [3.63, 3.8) is 0 Å². The highest BCUT2D eigenvalue weighted by atomic mass is 32.2. The lowest BCUT2D eigenvalue weighted by molar-refractivity contribution is -0.255. The van der Waals surface area contributed by atoms with Gasteiger partial charge in [0.2, 0.25) is 0 Å². The predicted octanol–water partition coefficient (Wildman–Crippen LogP) is 5.66. The molecule has 3 aromatic rings. The minimum atomic E-state index is -0.872. The van der Waals surface area contributed by atoms with Crippen LogP contribution in [0.4, 0.5) is 0 Å². The van der Waals surface area contributed by atoms with Gasteiger partial charge < -0.3 is 38.3 Å². The Morgan fingerprint density at radius 3 is 1.89 bits per heavy atom. The smallest absolute Gasteiger partial charge is 0.302 e. The van der Waals surface area contributed by atoms with Gasteiger partial charge in [-0.2, -0.15) is 0 Å².